The zero-order valence-corrected chi connectivity index (χ0v) is 16.1. The van der Waals surface area contributed by atoms with E-state index in [4.69, 9.17) is 9.26 Å². The van der Waals surface area contributed by atoms with Crippen molar-refractivity contribution >= 4 is 11.7 Å². The van der Waals surface area contributed by atoms with E-state index >= 15 is 0 Å². The maximum atomic E-state index is 13.0. The van der Waals surface area contributed by atoms with Crippen LogP contribution in [-0.4, -0.2) is 47.4 Å². The first-order valence-corrected chi connectivity index (χ1v) is 9.49. The van der Waals surface area contributed by atoms with E-state index in [1.165, 1.54) is 0 Å². The minimum atomic E-state index is -0.0722. The average molecular weight is 370 g/mol. The van der Waals surface area contributed by atoms with Crippen molar-refractivity contribution < 1.29 is 14.1 Å². The summed E-state index contributed by atoms with van der Waals surface area (Å²) in [6.07, 6.45) is 1.79. The largest absolute Gasteiger partial charge is 0.381 e. The molecule has 3 heterocycles. The molecular weight excluding hydrogens is 344 g/mol. The Morgan fingerprint density at radius 3 is 2.56 bits per heavy atom. The van der Waals surface area contributed by atoms with E-state index < -0.39 is 0 Å². The molecule has 2 aliphatic rings. The third-order valence-electron chi connectivity index (χ3n) is 5.98. The van der Waals surface area contributed by atoms with E-state index in [1.54, 1.807) is 0 Å². The number of anilines is 1. The molecule has 144 valence electrons. The molecule has 1 N–H and O–H groups in total. The minimum absolute atomic E-state index is 0.0475. The Kier molecular flexibility index (Phi) is 4.63. The first-order chi connectivity index (χ1) is 13.0. The van der Waals surface area contributed by atoms with Gasteiger partial charge >= 0.3 is 6.03 Å². The smallest absolute Gasteiger partial charge is 0.321 e. The van der Waals surface area contributed by atoms with Crippen LogP contribution in [0.15, 0.2) is 22.7 Å². The molecule has 2 aliphatic heterocycles. The number of nitrogens with zero attached hydrogens (tertiary/aromatic N) is 3. The quantitative estimate of drug-likeness (QED) is 0.876. The Balaban J connectivity index is 1.58. The summed E-state index contributed by atoms with van der Waals surface area (Å²) in [5.41, 5.74) is 2.95. The highest BCUT2D eigenvalue weighted by atomic mass is 16.5. The average Bonchev–Trinajstić information content (AvgIpc) is 3.23. The van der Waals surface area contributed by atoms with Gasteiger partial charge in [-0.15, -0.1) is 0 Å². The topological polar surface area (TPSA) is 80.5 Å². The summed E-state index contributed by atoms with van der Waals surface area (Å²) in [6.45, 7) is 8.51. The van der Waals surface area contributed by atoms with E-state index in [2.05, 4.69) is 15.5 Å². The van der Waals surface area contributed by atoms with Gasteiger partial charge in [-0.1, -0.05) is 23.4 Å². The van der Waals surface area contributed by atoms with Crippen molar-refractivity contribution in [3.8, 4) is 0 Å². The summed E-state index contributed by atoms with van der Waals surface area (Å²) >= 11 is 0. The van der Waals surface area contributed by atoms with E-state index in [1.807, 2.05) is 43.9 Å². The van der Waals surface area contributed by atoms with Crippen molar-refractivity contribution in [2.45, 2.75) is 39.5 Å². The molecule has 0 unspecified atom stereocenters. The fourth-order valence-corrected chi connectivity index (χ4v) is 4.40. The van der Waals surface area contributed by atoms with Crippen LogP contribution in [0.25, 0.3) is 0 Å². The van der Waals surface area contributed by atoms with Crippen molar-refractivity contribution in [2.75, 3.05) is 31.6 Å². The van der Waals surface area contributed by atoms with E-state index in [-0.39, 0.29) is 17.4 Å². The second-order valence-electron chi connectivity index (χ2n) is 7.78. The van der Waals surface area contributed by atoms with Gasteiger partial charge in [0, 0.05) is 37.4 Å². The minimum Gasteiger partial charge on any atom is -0.381 e. The molecule has 2 fully saturated rings. The monoisotopic (exact) mass is 370 g/mol. The number of ether oxygens (including phenoxy) is 1. The lowest BCUT2D eigenvalue weighted by atomic mass is 9.72. The number of rotatable bonds is 2. The Hall–Kier alpha value is -2.41. The highest BCUT2D eigenvalue weighted by molar-refractivity contribution is 5.91. The second kappa shape index (κ2) is 6.96. The number of hydrogen-bond acceptors (Lipinski definition) is 5. The highest BCUT2D eigenvalue weighted by Crippen LogP contribution is 2.49. The lowest BCUT2D eigenvalue weighted by molar-refractivity contribution is 0.00959. The van der Waals surface area contributed by atoms with Crippen LogP contribution in [0.5, 0.6) is 0 Å². The number of carbonyl (C=O) groups is 1. The first-order valence-electron chi connectivity index (χ1n) is 9.49. The molecular formula is C20H26N4O3. The summed E-state index contributed by atoms with van der Waals surface area (Å²) in [4.78, 5) is 19.4. The van der Waals surface area contributed by atoms with Gasteiger partial charge in [-0.3, -0.25) is 0 Å². The van der Waals surface area contributed by atoms with Gasteiger partial charge in [-0.25, -0.2) is 4.79 Å². The maximum absolute atomic E-state index is 13.0. The molecule has 7 heteroatoms. The Morgan fingerprint density at radius 1 is 1.22 bits per heavy atom. The number of carbonyl (C=O) groups excluding carboxylic acids is 1. The van der Waals surface area contributed by atoms with Crippen LogP contribution >= 0.6 is 0 Å². The Morgan fingerprint density at radius 2 is 1.93 bits per heavy atom. The van der Waals surface area contributed by atoms with Crippen LogP contribution in [0.3, 0.4) is 0 Å². The van der Waals surface area contributed by atoms with Gasteiger partial charge in [0.15, 0.2) is 5.82 Å². The summed E-state index contributed by atoms with van der Waals surface area (Å²) < 4.78 is 11.1. The van der Waals surface area contributed by atoms with Gasteiger partial charge in [-0.05, 0) is 44.7 Å². The van der Waals surface area contributed by atoms with E-state index in [9.17, 15) is 4.79 Å². The molecule has 1 aromatic carbocycles. The molecule has 1 atom stereocenters. The number of likely N-dealkylation sites (tertiary alicyclic amines) is 1. The molecule has 0 saturated carbocycles. The van der Waals surface area contributed by atoms with Crippen molar-refractivity contribution in [3.63, 3.8) is 0 Å². The number of aromatic nitrogens is 2. The molecule has 2 saturated heterocycles. The fourth-order valence-electron chi connectivity index (χ4n) is 4.40. The molecule has 2 amide bonds. The van der Waals surface area contributed by atoms with Crippen molar-refractivity contribution in [1.82, 2.24) is 15.0 Å². The number of nitrogens with one attached hydrogen (secondary N) is 1. The summed E-state index contributed by atoms with van der Waals surface area (Å²) in [5, 5.41) is 7.07. The predicted octanol–water partition coefficient (Wildman–Crippen LogP) is 3.42. The van der Waals surface area contributed by atoms with Gasteiger partial charge in [0.05, 0.1) is 5.92 Å². The molecule has 0 bridgehead atoms. The number of benzene rings is 1. The van der Waals surface area contributed by atoms with Crippen LogP contribution in [-0.2, 0) is 4.74 Å². The molecule has 0 aliphatic carbocycles. The SMILES string of the molecule is Cc1noc([C@H]2CN(C(=O)Nc3c(C)cccc3C)CC23CCOCC3)n1. The number of hydrogen-bond donors (Lipinski definition) is 1. The molecule has 4 rings (SSSR count). The Labute approximate surface area is 159 Å². The van der Waals surface area contributed by atoms with Crippen LogP contribution in [0.1, 0.15) is 41.6 Å². The van der Waals surface area contributed by atoms with Gasteiger partial charge in [0.2, 0.25) is 5.89 Å². The van der Waals surface area contributed by atoms with Gasteiger partial charge in [0.1, 0.15) is 0 Å². The zero-order valence-electron chi connectivity index (χ0n) is 16.1. The summed E-state index contributed by atoms with van der Waals surface area (Å²) in [7, 11) is 0. The highest BCUT2D eigenvalue weighted by Gasteiger charge is 2.51. The molecule has 7 nitrogen and oxygen atoms in total. The number of aryl methyl sites for hydroxylation is 3. The number of para-hydroxylation sites is 1. The third-order valence-corrected chi connectivity index (χ3v) is 5.98. The van der Waals surface area contributed by atoms with Gasteiger partial charge < -0.3 is 19.5 Å². The van der Waals surface area contributed by atoms with Crippen LogP contribution < -0.4 is 5.32 Å². The summed E-state index contributed by atoms with van der Waals surface area (Å²) in [6, 6.07) is 5.95. The fraction of sp³-hybridized carbons (Fsp3) is 0.550. The molecule has 0 radical (unpaired) electrons. The first kappa shape index (κ1) is 18.0. The molecule has 27 heavy (non-hydrogen) atoms. The zero-order chi connectivity index (χ0) is 19.0. The van der Waals surface area contributed by atoms with Crippen LogP contribution in [0, 0.1) is 26.2 Å². The Bertz CT molecular complexity index is 821. The second-order valence-corrected chi connectivity index (χ2v) is 7.78. The summed E-state index contributed by atoms with van der Waals surface area (Å²) in [5.74, 6) is 1.31. The number of amides is 2. The van der Waals surface area contributed by atoms with Crippen LogP contribution in [0.2, 0.25) is 0 Å². The van der Waals surface area contributed by atoms with Gasteiger partial charge in [0.25, 0.3) is 0 Å². The van der Waals surface area contributed by atoms with E-state index in [0.29, 0.717) is 38.0 Å². The normalized spacial score (nSPS) is 21.6. The molecule has 1 spiro atoms. The lowest BCUT2D eigenvalue weighted by Gasteiger charge is -2.36. The third kappa shape index (κ3) is 3.32. The van der Waals surface area contributed by atoms with Gasteiger partial charge in [-0.2, -0.15) is 4.98 Å². The van der Waals surface area contributed by atoms with Crippen molar-refractivity contribution in [1.29, 1.82) is 0 Å². The van der Waals surface area contributed by atoms with Crippen molar-refractivity contribution in [2.24, 2.45) is 5.41 Å². The standard InChI is InChI=1S/C20H26N4O3/c1-13-5-4-6-14(2)17(13)22-19(25)24-11-16(18-21-15(3)23-27-18)20(12-24)7-9-26-10-8-20/h4-6,16H,7-12H2,1-3H3,(H,22,25)/t16-/m1/s1. The maximum Gasteiger partial charge on any atom is 0.321 e. The lowest BCUT2D eigenvalue weighted by Crippen LogP contribution is -2.38. The van der Waals surface area contributed by atoms with E-state index in [0.717, 1.165) is 29.7 Å². The molecule has 1 aromatic heterocycles. The van der Waals surface area contributed by atoms with Crippen LogP contribution in [0.4, 0.5) is 10.5 Å². The molecule has 2 aromatic rings. The number of urea groups is 1. The van der Waals surface area contributed by atoms with Crippen molar-refractivity contribution in [3.05, 3.63) is 41.0 Å². The predicted molar refractivity (Wildman–Crippen MR) is 101 cm³/mol.